The molecule has 2 rings (SSSR count). The molecule has 0 aromatic heterocycles. The molecule has 3 N–H and O–H groups in total. The molecule has 0 aliphatic heterocycles. The molecular formula is C11H14BrNO. The summed E-state index contributed by atoms with van der Waals surface area (Å²) in [6.45, 7) is 0.0719. The lowest BCUT2D eigenvalue weighted by atomic mass is 9.79. The normalized spacial score (nSPS) is 25.9. The molecular weight excluding hydrogens is 242 g/mol. The molecule has 2 nitrogen and oxygen atoms in total. The number of rotatable bonds is 1. The number of aryl methyl sites for hydroxylation is 1. The van der Waals surface area contributed by atoms with Gasteiger partial charge in [-0.25, -0.2) is 0 Å². The van der Waals surface area contributed by atoms with E-state index in [0.29, 0.717) is 0 Å². The van der Waals surface area contributed by atoms with E-state index in [2.05, 4.69) is 28.1 Å². The largest absolute Gasteiger partial charge is 0.394 e. The predicted octanol–water partition coefficient (Wildman–Crippen LogP) is 1.63. The molecule has 0 saturated carbocycles. The molecule has 0 bridgehead atoms. The summed E-state index contributed by atoms with van der Waals surface area (Å²) in [6.07, 6.45) is 2.62. The van der Waals surface area contributed by atoms with Crippen molar-refractivity contribution in [2.75, 3.05) is 6.61 Å². The van der Waals surface area contributed by atoms with Crippen LogP contribution in [0.3, 0.4) is 0 Å². The highest BCUT2D eigenvalue weighted by atomic mass is 79.9. The highest BCUT2D eigenvalue weighted by Crippen LogP contribution is 2.28. The van der Waals surface area contributed by atoms with Gasteiger partial charge in [0, 0.05) is 10.0 Å². The second-order valence-electron chi connectivity index (χ2n) is 4.11. The lowest BCUT2D eigenvalue weighted by Crippen LogP contribution is -2.48. The van der Waals surface area contributed by atoms with E-state index in [1.54, 1.807) is 0 Å². The SMILES string of the molecule is N[C@@]1(CO)CCc2cc(Br)ccc2C1. The fraction of sp³-hybridized carbons (Fsp3) is 0.455. The molecule has 0 heterocycles. The number of hydrogen-bond donors (Lipinski definition) is 2. The quantitative estimate of drug-likeness (QED) is 0.802. The van der Waals surface area contributed by atoms with Crippen LogP contribution < -0.4 is 5.73 Å². The third-order valence-electron chi connectivity index (χ3n) is 2.92. The topological polar surface area (TPSA) is 46.2 Å². The zero-order chi connectivity index (χ0) is 10.2. The Morgan fingerprint density at radius 2 is 2.21 bits per heavy atom. The van der Waals surface area contributed by atoms with Crippen molar-refractivity contribution in [2.45, 2.75) is 24.8 Å². The highest BCUT2D eigenvalue weighted by Gasteiger charge is 2.29. The molecule has 0 fully saturated rings. The molecule has 3 heteroatoms. The van der Waals surface area contributed by atoms with Gasteiger partial charge in [0.25, 0.3) is 0 Å². The summed E-state index contributed by atoms with van der Waals surface area (Å²) in [4.78, 5) is 0. The van der Waals surface area contributed by atoms with Crippen LogP contribution in [0.1, 0.15) is 17.5 Å². The Morgan fingerprint density at radius 1 is 1.43 bits per heavy atom. The van der Waals surface area contributed by atoms with Crippen LogP contribution in [0.5, 0.6) is 0 Å². The van der Waals surface area contributed by atoms with Crippen molar-refractivity contribution in [1.82, 2.24) is 0 Å². The molecule has 14 heavy (non-hydrogen) atoms. The Labute approximate surface area is 92.3 Å². The van der Waals surface area contributed by atoms with Gasteiger partial charge < -0.3 is 10.8 Å². The monoisotopic (exact) mass is 255 g/mol. The van der Waals surface area contributed by atoms with Gasteiger partial charge >= 0.3 is 0 Å². The Morgan fingerprint density at radius 3 is 2.93 bits per heavy atom. The average molecular weight is 256 g/mol. The lowest BCUT2D eigenvalue weighted by Gasteiger charge is -2.33. The predicted molar refractivity (Wildman–Crippen MR) is 60.2 cm³/mol. The van der Waals surface area contributed by atoms with Gasteiger partial charge in [0.05, 0.1) is 6.61 Å². The number of aliphatic hydroxyl groups excluding tert-OH is 1. The smallest absolute Gasteiger partial charge is 0.0614 e. The summed E-state index contributed by atoms with van der Waals surface area (Å²) in [5.74, 6) is 0. The van der Waals surface area contributed by atoms with E-state index in [-0.39, 0.29) is 6.61 Å². The Hall–Kier alpha value is -0.380. The van der Waals surface area contributed by atoms with E-state index >= 15 is 0 Å². The second kappa shape index (κ2) is 3.65. The van der Waals surface area contributed by atoms with Gasteiger partial charge in [0.1, 0.15) is 0 Å². The van der Waals surface area contributed by atoms with Gasteiger partial charge in [-0.15, -0.1) is 0 Å². The van der Waals surface area contributed by atoms with E-state index < -0.39 is 5.54 Å². The van der Waals surface area contributed by atoms with Crippen molar-refractivity contribution in [3.05, 3.63) is 33.8 Å². The van der Waals surface area contributed by atoms with Crippen molar-refractivity contribution in [1.29, 1.82) is 0 Å². The van der Waals surface area contributed by atoms with Gasteiger partial charge in [-0.1, -0.05) is 22.0 Å². The summed E-state index contributed by atoms with van der Waals surface area (Å²) < 4.78 is 1.12. The molecule has 0 amide bonds. The minimum absolute atomic E-state index is 0.0719. The summed E-state index contributed by atoms with van der Waals surface area (Å²) in [6, 6.07) is 6.27. The number of benzene rings is 1. The van der Waals surface area contributed by atoms with Crippen LogP contribution in [0.15, 0.2) is 22.7 Å². The van der Waals surface area contributed by atoms with Gasteiger partial charge in [0.2, 0.25) is 0 Å². The molecule has 1 aromatic carbocycles. The van der Waals surface area contributed by atoms with Crippen molar-refractivity contribution in [3.63, 3.8) is 0 Å². The Bertz CT molecular complexity index is 353. The molecule has 1 aromatic rings. The van der Waals surface area contributed by atoms with E-state index in [1.165, 1.54) is 11.1 Å². The maximum absolute atomic E-state index is 9.20. The van der Waals surface area contributed by atoms with Crippen molar-refractivity contribution < 1.29 is 5.11 Å². The summed E-state index contributed by atoms with van der Waals surface area (Å²) in [7, 11) is 0. The van der Waals surface area contributed by atoms with E-state index in [1.807, 2.05) is 6.07 Å². The standard InChI is InChI=1S/C11H14BrNO/c12-10-2-1-9-6-11(13,7-14)4-3-8(9)5-10/h1-2,5,14H,3-4,6-7,13H2/t11-/m0/s1. The maximum atomic E-state index is 9.20. The van der Waals surface area contributed by atoms with Crippen LogP contribution in [0.4, 0.5) is 0 Å². The summed E-state index contributed by atoms with van der Waals surface area (Å²) >= 11 is 3.46. The summed E-state index contributed by atoms with van der Waals surface area (Å²) in [5.41, 5.74) is 8.28. The fourth-order valence-corrected chi connectivity index (χ4v) is 2.39. The first-order valence-corrected chi connectivity index (χ1v) is 5.59. The van der Waals surface area contributed by atoms with Crippen LogP contribution in [0, 0.1) is 0 Å². The first kappa shape index (κ1) is 10.1. The van der Waals surface area contributed by atoms with Crippen molar-refractivity contribution in [3.8, 4) is 0 Å². The number of hydrogen-bond acceptors (Lipinski definition) is 2. The maximum Gasteiger partial charge on any atom is 0.0614 e. The minimum Gasteiger partial charge on any atom is -0.394 e. The van der Waals surface area contributed by atoms with Gasteiger partial charge in [-0.2, -0.15) is 0 Å². The number of fused-ring (bicyclic) bond motifs is 1. The van der Waals surface area contributed by atoms with Crippen molar-refractivity contribution in [2.24, 2.45) is 5.73 Å². The van der Waals surface area contributed by atoms with Gasteiger partial charge in [-0.05, 0) is 42.5 Å². The minimum atomic E-state index is -0.402. The van der Waals surface area contributed by atoms with E-state index in [9.17, 15) is 5.11 Å². The summed E-state index contributed by atoms with van der Waals surface area (Å²) in [5, 5.41) is 9.20. The van der Waals surface area contributed by atoms with Crippen LogP contribution in [-0.4, -0.2) is 17.3 Å². The van der Waals surface area contributed by atoms with Crippen LogP contribution in [0.25, 0.3) is 0 Å². The average Bonchev–Trinajstić information content (AvgIpc) is 2.19. The number of nitrogens with two attached hydrogens (primary N) is 1. The Balaban J connectivity index is 2.31. The first-order chi connectivity index (χ1) is 6.63. The third kappa shape index (κ3) is 1.85. The molecule has 0 saturated heterocycles. The molecule has 0 unspecified atom stereocenters. The van der Waals surface area contributed by atoms with Crippen LogP contribution >= 0.6 is 15.9 Å². The van der Waals surface area contributed by atoms with E-state index in [0.717, 1.165) is 23.7 Å². The lowest BCUT2D eigenvalue weighted by molar-refractivity contribution is 0.181. The molecule has 1 aliphatic carbocycles. The zero-order valence-corrected chi connectivity index (χ0v) is 9.55. The molecule has 0 radical (unpaired) electrons. The second-order valence-corrected chi connectivity index (χ2v) is 5.03. The van der Waals surface area contributed by atoms with Crippen LogP contribution in [0.2, 0.25) is 0 Å². The Kier molecular flexibility index (Phi) is 2.64. The van der Waals surface area contributed by atoms with Gasteiger partial charge in [0.15, 0.2) is 0 Å². The highest BCUT2D eigenvalue weighted by molar-refractivity contribution is 9.10. The van der Waals surface area contributed by atoms with E-state index in [4.69, 9.17) is 5.73 Å². The molecule has 0 spiro atoms. The molecule has 76 valence electrons. The fourth-order valence-electron chi connectivity index (χ4n) is 1.99. The first-order valence-electron chi connectivity index (χ1n) is 4.80. The van der Waals surface area contributed by atoms with Crippen LogP contribution in [-0.2, 0) is 12.8 Å². The van der Waals surface area contributed by atoms with Gasteiger partial charge in [-0.3, -0.25) is 0 Å². The number of halogens is 1. The zero-order valence-electron chi connectivity index (χ0n) is 7.96. The molecule has 1 atom stereocenters. The third-order valence-corrected chi connectivity index (χ3v) is 3.41. The molecule has 1 aliphatic rings. The van der Waals surface area contributed by atoms with Crippen molar-refractivity contribution >= 4 is 15.9 Å². The number of aliphatic hydroxyl groups is 1.